The van der Waals surface area contributed by atoms with E-state index < -0.39 is 30.5 Å². The van der Waals surface area contributed by atoms with Gasteiger partial charge in [-0.25, -0.2) is 33.3 Å². The number of rotatable bonds is 7. The van der Waals surface area contributed by atoms with Crippen molar-refractivity contribution >= 4 is 29.4 Å². The third kappa shape index (κ3) is 6.01. The number of ether oxygens (including phenoxy) is 2. The lowest BCUT2D eigenvalue weighted by Gasteiger charge is -2.42. The minimum Gasteiger partial charge on any atom is -0.477 e. The Morgan fingerprint density at radius 2 is 2.00 bits per heavy atom. The molecule has 2 aromatic heterocycles. The minimum absolute atomic E-state index is 0.0306. The Bertz CT molecular complexity index is 1220. The van der Waals surface area contributed by atoms with E-state index in [1.54, 1.807) is 24.0 Å². The summed E-state index contributed by atoms with van der Waals surface area (Å²) in [6.07, 6.45) is 4.87. The van der Waals surface area contributed by atoms with Crippen LogP contribution in [0.3, 0.4) is 0 Å². The molecule has 1 saturated carbocycles. The molecule has 3 fully saturated rings. The maximum absolute atomic E-state index is 15.0. The highest BCUT2D eigenvalue weighted by Crippen LogP contribution is 2.39. The lowest BCUT2D eigenvalue weighted by Crippen LogP contribution is -2.60. The number of aromatic nitrogens is 3. The van der Waals surface area contributed by atoms with E-state index in [9.17, 15) is 18.4 Å². The highest BCUT2D eigenvalue weighted by Gasteiger charge is 2.48. The van der Waals surface area contributed by atoms with Gasteiger partial charge in [0.15, 0.2) is 5.82 Å². The van der Waals surface area contributed by atoms with Crippen molar-refractivity contribution in [2.45, 2.75) is 50.3 Å². The number of likely N-dealkylation sites (N-methyl/N-ethyl adjacent to an activating group) is 1. The van der Waals surface area contributed by atoms with Crippen molar-refractivity contribution < 1.29 is 27.8 Å². The van der Waals surface area contributed by atoms with Crippen molar-refractivity contribution in [3.8, 4) is 5.88 Å². The number of likely N-dealkylation sites (tertiary alicyclic amines) is 1. The summed E-state index contributed by atoms with van der Waals surface area (Å²) in [5.74, 6) is -1.97. The molecule has 1 aliphatic carbocycles. The number of alkyl halides is 2. The molecule has 3 aliphatic rings. The van der Waals surface area contributed by atoms with Crippen LogP contribution in [0.2, 0.25) is 0 Å². The van der Waals surface area contributed by atoms with Crippen LogP contribution in [0.15, 0.2) is 30.7 Å². The molecule has 0 spiro atoms. The van der Waals surface area contributed by atoms with Gasteiger partial charge in [0, 0.05) is 69.4 Å². The molecule has 0 aromatic carbocycles. The third-order valence-electron chi connectivity index (χ3n) is 7.86. The molecular weight excluding hydrogens is 526 g/mol. The van der Waals surface area contributed by atoms with Gasteiger partial charge in [-0.1, -0.05) is 0 Å². The average molecular weight is 561 g/mol. The summed E-state index contributed by atoms with van der Waals surface area (Å²) in [4.78, 5) is 42.7. The molecule has 4 atom stereocenters. The fourth-order valence-corrected chi connectivity index (χ4v) is 5.67. The zero-order valence-corrected chi connectivity index (χ0v) is 22.7. The second-order valence-electron chi connectivity index (χ2n) is 10.5. The first-order valence-electron chi connectivity index (χ1n) is 13.4. The predicted octanol–water partition coefficient (Wildman–Crippen LogP) is 3.29. The SMILES string of the molecule is CCOc1cnc(NC(=O)N(C)C2CN(c3cc(NC(=O)OC4CC5CC4CN5C)ccn3)CCC2(F)F)cn1. The lowest BCUT2D eigenvalue weighted by molar-refractivity contribution is -0.0759. The van der Waals surface area contributed by atoms with Crippen LogP contribution in [0.4, 0.5) is 35.7 Å². The maximum Gasteiger partial charge on any atom is 0.411 e. The van der Waals surface area contributed by atoms with E-state index in [4.69, 9.17) is 9.47 Å². The molecule has 2 bridgehead atoms. The van der Waals surface area contributed by atoms with E-state index in [-0.39, 0.29) is 25.0 Å². The summed E-state index contributed by atoms with van der Waals surface area (Å²) in [6, 6.07) is 1.51. The molecule has 40 heavy (non-hydrogen) atoms. The van der Waals surface area contributed by atoms with Crippen LogP contribution in [0, 0.1) is 5.92 Å². The average Bonchev–Trinajstić information content (AvgIpc) is 3.48. The second-order valence-corrected chi connectivity index (χ2v) is 10.5. The zero-order chi connectivity index (χ0) is 28.4. The number of anilines is 3. The zero-order valence-electron chi connectivity index (χ0n) is 22.7. The van der Waals surface area contributed by atoms with Crippen LogP contribution < -0.4 is 20.3 Å². The Balaban J connectivity index is 1.20. The molecule has 2 aliphatic heterocycles. The van der Waals surface area contributed by atoms with Crippen molar-refractivity contribution in [2.75, 3.05) is 55.9 Å². The molecule has 4 unspecified atom stereocenters. The van der Waals surface area contributed by atoms with Gasteiger partial charge in [0.2, 0.25) is 5.88 Å². The Hall–Kier alpha value is -3.81. The van der Waals surface area contributed by atoms with Gasteiger partial charge in [0.1, 0.15) is 18.0 Å². The number of carbonyl (C=O) groups excluding carboxylic acids is 2. The number of halogens is 2. The molecule has 3 amide bonds. The lowest BCUT2D eigenvalue weighted by atomic mass is 9.99. The van der Waals surface area contributed by atoms with Crippen LogP contribution in [0.1, 0.15) is 26.2 Å². The number of pyridine rings is 1. The van der Waals surface area contributed by atoms with Crippen LogP contribution >= 0.6 is 0 Å². The Kier molecular flexibility index (Phi) is 7.88. The normalized spacial score (nSPS) is 25.4. The van der Waals surface area contributed by atoms with E-state index in [1.165, 1.54) is 25.6 Å². The number of hydrogen-bond donors (Lipinski definition) is 2. The molecule has 2 N–H and O–H groups in total. The Morgan fingerprint density at radius 1 is 1.18 bits per heavy atom. The largest absolute Gasteiger partial charge is 0.477 e. The quantitative estimate of drug-likeness (QED) is 0.525. The second kappa shape index (κ2) is 11.4. The Morgan fingerprint density at radius 3 is 2.67 bits per heavy atom. The maximum atomic E-state index is 15.0. The molecule has 12 nitrogen and oxygen atoms in total. The summed E-state index contributed by atoms with van der Waals surface area (Å²) >= 11 is 0. The fraction of sp³-hybridized carbons (Fsp3) is 0.577. The van der Waals surface area contributed by atoms with Crippen molar-refractivity contribution in [3.63, 3.8) is 0 Å². The number of nitrogens with zero attached hydrogens (tertiary/aromatic N) is 6. The number of piperidine rings is 2. The predicted molar refractivity (Wildman–Crippen MR) is 143 cm³/mol. The molecule has 0 radical (unpaired) electrons. The smallest absolute Gasteiger partial charge is 0.411 e. The number of nitrogens with one attached hydrogen (secondary N) is 2. The van der Waals surface area contributed by atoms with Crippen molar-refractivity contribution in [3.05, 3.63) is 30.7 Å². The minimum atomic E-state index is -3.12. The van der Waals surface area contributed by atoms with Gasteiger partial charge in [0.25, 0.3) is 5.92 Å². The van der Waals surface area contributed by atoms with Crippen LogP contribution in [-0.4, -0.2) is 101 Å². The molecule has 2 aromatic rings. The van der Waals surface area contributed by atoms with Crippen molar-refractivity contribution in [1.82, 2.24) is 24.8 Å². The fourth-order valence-electron chi connectivity index (χ4n) is 5.67. The van der Waals surface area contributed by atoms with Gasteiger partial charge in [-0.2, -0.15) is 0 Å². The summed E-state index contributed by atoms with van der Waals surface area (Å²) in [5, 5.41) is 5.24. The highest BCUT2D eigenvalue weighted by molar-refractivity contribution is 5.88. The standard InChI is InChI=1S/C26H34F2N8O4/c1-4-39-23-13-30-21(12-31-23)33-24(37)35(3)20-15-36(8-6-26(20,27)28)22-10-17(5-7-29-22)32-25(38)40-19-11-18-9-16(19)14-34(18)2/h5,7,10,12-13,16,18-20H,4,6,8-9,11,14-15H2,1-3H3,(H,29,32,38)(H,30,33,37). The summed E-state index contributed by atoms with van der Waals surface area (Å²) in [5.41, 5.74) is 0.448. The van der Waals surface area contributed by atoms with E-state index in [2.05, 4.69) is 37.5 Å². The number of fused-ring (bicyclic) bond motifs is 2. The molecule has 5 rings (SSSR count). The molecule has 2 saturated heterocycles. The molecule has 216 valence electrons. The number of hydrogen-bond acceptors (Lipinski definition) is 9. The van der Waals surface area contributed by atoms with Crippen LogP contribution in [0.25, 0.3) is 0 Å². The van der Waals surface area contributed by atoms with Crippen molar-refractivity contribution in [1.29, 1.82) is 0 Å². The number of amides is 3. The molecule has 14 heteroatoms. The van der Waals surface area contributed by atoms with E-state index >= 15 is 0 Å². The van der Waals surface area contributed by atoms with Crippen molar-refractivity contribution in [2.24, 2.45) is 5.92 Å². The van der Waals surface area contributed by atoms with Crippen LogP contribution in [0.5, 0.6) is 5.88 Å². The van der Waals surface area contributed by atoms with Gasteiger partial charge < -0.3 is 24.2 Å². The third-order valence-corrected chi connectivity index (χ3v) is 7.86. The van der Waals surface area contributed by atoms with E-state index in [1.807, 2.05) is 0 Å². The summed E-state index contributed by atoms with van der Waals surface area (Å²) in [7, 11) is 3.40. The number of urea groups is 1. The first-order valence-corrected chi connectivity index (χ1v) is 13.4. The summed E-state index contributed by atoms with van der Waals surface area (Å²) in [6.45, 7) is 3.00. The van der Waals surface area contributed by atoms with Gasteiger partial charge in [0.05, 0.1) is 19.0 Å². The van der Waals surface area contributed by atoms with Gasteiger partial charge in [-0.05, 0) is 26.5 Å². The van der Waals surface area contributed by atoms with Gasteiger partial charge in [-0.3, -0.25) is 10.6 Å². The topological polar surface area (TPSA) is 125 Å². The van der Waals surface area contributed by atoms with Gasteiger partial charge >= 0.3 is 12.1 Å². The Labute approximate surface area is 231 Å². The molecular formula is C26H34F2N8O4. The van der Waals surface area contributed by atoms with E-state index in [0.29, 0.717) is 36.0 Å². The monoisotopic (exact) mass is 560 g/mol. The molecule has 4 heterocycles. The highest BCUT2D eigenvalue weighted by atomic mass is 19.3. The first kappa shape index (κ1) is 27.7. The van der Waals surface area contributed by atoms with E-state index in [0.717, 1.165) is 24.3 Å². The summed E-state index contributed by atoms with van der Waals surface area (Å²) < 4.78 is 40.9. The van der Waals surface area contributed by atoms with Gasteiger partial charge in [-0.15, -0.1) is 0 Å². The van der Waals surface area contributed by atoms with Crippen LogP contribution in [-0.2, 0) is 4.74 Å². The first-order chi connectivity index (χ1) is 19.1. The number of carbonyl (C=O) groups is 2.